The minimum absolute atomic E-state index is 0.120. The third-order valence-electron chi connectivity index (χ3n) is 4.65. The quantitative estimate of drug-likeness (QED) is 0.814. The van der Waals surface area contributed by atoms with Crippen molar-refractivity contribution in [3.63, 3.8) is 0 Å². The summed E-state index contributed by atoms with van der Waals surface area (Å²) in [5, 5.41) is 3.19. The molecule has 1 aliphatic carbocycles. The fourth-order valence-electron chi connectivity index (χ4n) is 3.41. The second-order valence-corrected chi connectivity index (χ2v) is 6.57. The van der Waals surface area contributed by atoms with Crippen molar-refractivity contribution in [1.82, 2.24) is 5.32 Å². The lowest BCUT2D eigenvalue weighted by molar-refractivity contribution is -0.123. The Bertz CT molecular complexity index is 496. The molecule has 1 aliphatic rings. The molecule has 1 aromatic rings. The van der Waals surface area contributed by atoms with Gasteiger partial charge in [-0.15, -0.1) is 0 Å². The van der Waals surface area contributed by atoms with E-state index in [1.807, 2.05) is 18.2 Å². The Labute approximate surface area is 133 Å². The number of nitrogens with two attached hydrogens (primary N) is 1. The normalized spacial score (nSPS) is 18.0. The Morgan fingerprint density at radius 1 is 1.36 bits per heavy atom. The molecule has 0 spiro atoms. The Balaban J connectivity index is 1.88. The molecule has 1 atom stereocenters. The van der Waals surface area contributed by atoms with Crippen molar-refractivity contribution in [3.05, 3.63) is 29.8 Å². The van der Waals surface area contributed by atoms with Gasteiger partial charge in [0.1, 0.15) is 5.75 Å². The summed E-state index contributed by atoms with van der Waals surface area (Å²) in [5.74, 6) is 1.28. The second-order valence-electron chi connectivity index (χ2n) is 6.57. The Hall–Kier alpha value is -1.55. The maximum absolute atomic E-state index is 12.3. The van der Waals surface area contributed by atoms with Crippen molar-refractivity contribution in [1.29, 1.82) is 0 Å². The van der Waals surface area contributed by atoms with Gasteiger partial charge < -0.3 is 15.8 Å². The standard InChI is InChI=1S/C18H28N2O2/c1-14(11-15-7-3-4-8-16(15)22-2)12-17(21)20-18(13-19)9-5-6-10-18/h3-4,7-8,14H,5-6,9-13,19H2,1-2H3,(H,20,21). The summed E-state index contributed by atoms with van der Waals surface area (Å²) < 4.78 is 5.38. The van der Waals surface area contributed by atoms with E-state index in [1.54, 1.807) is 7.11 Å². The van der Waals surface area contributed by atoms with E-state index in [0.29, 0.717) is 13.0 Å². The molecule has 2 rings (SSSR count). The fraction of sp³-hybridized carbons (Fsp3) is 0.611. The first kappa shape index (κ1) is 16.8. The highest BCUT2D eigenvalue weighted by atomic mass is 16.5. The predicted octanol–water partition coefficient (Wildman–Crippen LogP) is 2.65. The Kier molecular flexibility index (Phi) is 5.83. The van der Waals surface area contributed by atoms with Gasteiger partial charge in [0.05, 0.1) is 12.6 Å². The average molecular weight is 304 g/mol. The van der Waals surface area contributed by atoms with Gasteiger partial charge in [-0.3, -0.25) is 4.79 Å². The molecule has 0 bridgehead atoms. The number of ether oxygens (including phenoxy) is 1. The van der Waals surface area contributed by atoms with Crippen molar-refractivity contribution in [2.75, 3.05) is 13.7 Å². The van der Waals surface area contributed by atoms with Gasteiger partial charge in [-0.1, -0.05) is 38.0 Å². The maximum Gasteiger partial charge on any atom is 0.220 e. The van der Waals surface area contributed by atoms with Crippen molar-refractivity contribution in [2.45, 2.75) is 51.0 Å². The molecule has 4 heteroatoms. The number of hydrogen-bond donors (Lipinski definition) is 2. The van der Waals surface area contributed by atoms with E-state index >= 15 is 0 Å². The number of nitrogens with one attached hydrogen (secondary N) is 1. The van der Waals surface area contributed by atoms with Gasteiger partial charge in [0, 0.05) is 13.0 Å². The highest BCUT2D eigenvalue weighted by molar-refractivity contribution is 5.77. The number of rotatable bonds is 7. The van der Waals surface area contributed by atoms with Crippen LogP contribution in [0.1, 0.15) is 44.6 Å². The topological polar surface area (TPSA) is 64.3 Å². The molecule has 0 heterocycles. The van der Waals surface area contributed by atoms with E-state index in [2.05, 4.69) is 18.3 Å². The minimum Gasteiger partial charge on any atom is -0.496 e. The fourth-order valence-corrected chi connectivity index (χ4v) is 3.41. The molecule has 3 N–H and O–H groups in total. The summed E-state index contributed by atoms with van der Waals surface area (Å²) >= 11 is 0. The van der Waals surface area contributed by atoms with E-state index in [4.69, 9.17) is 10.5 Å². The monoisotopic (exact) mass is 304 g/mol. The Morgan fingerprint density at radius 3 is 2.68 bits per heavy atom. The molecule has 1 aromatic carbocycles. The number of benzene rings is 1. The third-order valence-corrected chi connectivity index (χ3v) is 4.65. The van der Waals surface area contributed by atoms with Gasteiger partial charge in [-0.05, 0) is 36.8 Å². The van der Waals surface area contributed by atoms with Crippen LogP contribution in [0.25, 0.3) is 0 Å². The molecular formula is C18H28N2O2. The number of methoxy groups -OCH3 is 1. The first-order valence-corrected chi connectivity index (χ1v) is 8.21. The zero-order chi connectivity index (χ0) is 16.0. The summed E-state index contributed by atoms with van der Waals surface area (Å²) in [4.78, 5) is 12.3. The average Bonchev–Trinajstić information content (AvgIpc) is 2.96. The maximum atomic E-state index is 12.3. The van der Waals surface area contributed by atoms with Gasteiger partial charge in [-0.25, -0.2) is 0 Å². The summed E-state index contributed by atoms with van der Waals surface area (Å²) in [5.41, 5.74) is 6.88. The molecule has 4 nitrogen and oxygen atoms in total. The molecule has 22 heavy (non-hydrogen) atoms. The van der Waals surface area contributed by atoms with Crippen molar-refractivity contribution >= 4 is 5.91 Å². The van der Waals surface area contributed by atoms with Crippen LogP contribution in [0.15, 0.2) is 24.3 Å². The molecule has 0 aromatic heterocycles. The lowest BCUT2D eigenvalue weighted by atomic mass is 9.94. The van der Waals surface area contributed by atoms with Crippen molar-refractivity contribution < 1.29 is 9.53 Å². The van der Waals surface area contributed by atoms with Crippen molar-refractivity contribution in [2.24, 2.45) is 11.7 Å². The van der Waals surface area contributed by atoms with Crippen LogP contribution in [-0.2, 0) is 11.2 Å². The number of hydrogen-bond acceptors (Lipinski definition) is 3. The SMILES string of the molecule is COc1ccccc1CC(C)CC(=O)NC1(CN)CCCC1. The summed E-state index contributed by atoms with van der Waals surface area (Å²) in [6.45, 7) is 2.65. The largest absolute Gasteiger partial charge is 0.496 e. The van der Waals surface area contributed by atoms with E-state index in [1.165, 1.54) is 0 Å². The minimum atomic E-state index is -0.152. The summed E-state index contributed by atoms with van der Waals surface area (Å²) in [6, 6.07) is 7.99. The van der Waals surface area contributed by atoms with Gasteiger partial charge in [-0.2, -0.15) is 0 Å². The molecule has 0 saturated heterocycles. The Morgan fingerprint density at radius 2 is 2.05 bits per heavy atom. The van der Waals surface area contributed by atoms with Crippen LogP contribution in [0.3, 0.4) is 0 Å². The van der Waals surface area contributed by atoms with E-state index in [9.17, 15) is 4.79 Å². The first-order chi connectivity index (χ1) is 10.6. The number of carbonyl (C=O) groups excluding carboxylic acids is 1. The number of amides is 1. The molecule has 1 amide bonds. The number of carbonyl (C=O) groups is 1. The zero-order valence-corrected chi connectivity index (χ0v) is 13.7. The van der Waals surface area contributed by atoms with Gasteiger partial charge in [0.2, 0.25) is 5.91 Å². The second kappa shape index (κ2) is 7.63. The highest BCUT2D eigenvalue weighted by Gasteiger charge is 2.33. The van der Waals surface area contributed by atoms with Crippen molar-refractivity contribution in [3.8, 4) is 5.75 Å². The van der Waals surface area contributed by atoms with Crippen LogP contribution in [0.2, 0.25) is 0 Å². The summed E-state index contributed by atoms with van der Waals surface area (Å²) in [6.07, 6.45) is 5.71. The van der Waals surface area contributed by atoms with Crippen LogP contribution in [0.5, 0.6) is 5.75 Å². The van der Waals surface area contributed by atoms with Crippen LogP contribution in [0, 0.1) is 5.92 Å². The van der Waals surface area contributed by atoms with E-state index in [0.717, 1.165) is 43.4 Å². The smallest absolute Gasteiger partial charge is 0.220 e. The molecule has 122 valence electrons. The zero-order valence-electron chi connectivity index (χ0n) is 13.7. The lowest BCUT2D eigenvalue weighted by Crippen LogP contribution is -2.51. The molecule has 1 saturated carbocycles. The molecule has 1 unspecified atom stereocenters. The number of para-hydroxylation sites is 1. The molecular weight excluding hydrogens is 276 g/mol. The predicted molar refractivity (Wildman–Crippen MR) is 88.9 cm³/mol. The van der Waals surface area contributed by atoms with Gasteiger partial charge in [0.15, 0.2) is 0 Å². The van der Waals surface area contributed by atoms with E-state index in [-0.39, 0.29) is 17.4 Å². The van der Waals surface area contributed by atoms with Crippen LogP contribution in [-0.4, -0.2) is 25.1 Å². The van der Waals surface area contributed by atoms with Crippen LogP contribution < -0.4 is 15.8 Å². The van der Waals surface area contributed by atoms with Gasteiger partial charge in [0.25, 0.3) is 0 Å². The third kappa shape index (κ3) is 4.23. The molecule has 1 fully saturated rings. The summed E-state index contributed by atoms with van der Waals surface area (Å²) in [7, 11) is 1.68. The highest BCUT2D eigenvalue weighted by Crippen LogP contribution is 2.29. The van der Waals surface area contributed by atoms with Crippen LogP contribution in [0.4, 0.5) is 0 Å². The van der Waals surface area contributed by atoms with E-state index < -0.39 is 0 Å². The lowest BCUT2D eigenvalue weighted by Gasteiger charge is -2.29. The van der Waals surface area contributed by atoms with Gasteiger partial charge >= 0.3 is 0 Å². The molecule has 0 radical (unpaired) electrons. The van der Waals surface area contributed by atoms with Crippen LogP contribution >= 0.6 is 0 Å². The first-order valence-electron chi connectivity index (χ1n) is 8.21. The molecule has 0 aliphatic heterocycles.